The first-order chi connectivity index (χ1) is 11.6. The van der Waals surface area contributed by atoms with Crippen LogP contribution in [0.25, 0.3) is 0 Å². The van der Waals surface area contributed by atoms with Gasteiger partial charge in [-0.25, -0.2) is 0 Å². The van der Waals surface area contributed by atoms with Crippen molar-refractivity contribution in [2.75, 3.05) is 32.7 Å². The number of nitrogens with zero attached hydrogens (tertiary/aromatic N) is 2. The first-order valence-electron chi connectivity index (χ1n) is 8.14. The molecule has 3 rings (SSSR count). The minimum atomic E-state index is -0.543. The second-order valence-electron chi connectivity index (χ2n) is 6.03. The maximum absolute atomic E-state index is 12.4. The van der Waals surface area contributed by atoms with E-state index in [-0.39, 0.29) is 5.91 Å². The van der Waals surface area contributed by atoms with Crippen molar-refractivity contribution in [1.82, 2.24) is 9.80 Å². The van der Waals surface area contributed by atoms with E-state index in [4.69, 9.17) is 11.6 Å². The molecule has 1 saturated heterocycles. The summed E-state index contributed by atoms with van der Waals surface area (Å²) in [6, 6.07) is 16.6. The van der Waals surface area contributed by atoms with E-state index < -0.39 is 6.10 Å². The van der Waals surface area contributed by atoms with Crippen LogP contribution >= 0.6 is 11.6 Å². The Kier molecular flexibility index (Phi) is 5.51. The monoisotopic (exact) mass is 344 g/mol. The first-order valence-corrected chi connectivity index (χ1v) is 8.51. The number of aliphatic hydroxyl groups excluding tert-OH is 1. The van der Waals surface area contributed by atoms with Gasteiger partial charge in [0, 0.05) is 43.3 Å². The SMILES string of the molecule is O=C(c1ccccc1)N1CCN(CC(O)c2ccc(Cl)cc2)CC1. The number of hydrogen-bond donors (Lipinski definition) is 1. The van der Waals surface area contributed by atoms with Gasteiger partial charge >= 0.3 is 0 Å². The molecule has 24 heavy (non-hydrogen) atoms. The third-order valence-corrected chi connectivity index (χ3v) is 4.62. The van der Waals surface area contributed by atoms with Crippen molar-refractivity contribution in [2.45, 2.75) is 6.10 Å². The van der Waals surface area contributed by atoms with Gasteiger partial charge in [0.05, 0.1) is 6.10 Å². The highest BCUT2D eigenvalue weighted by Crippen LogP contribution is 2.18. The fourth-order valence-electron chi connectivity index (χ4n) is 2.93. The molecule has 0 bridgehead atoms. The van der Waals surface area contributed by atoms with Crippen LogP contribution in [0.15, 0.2) is 54.6 Å². The lowest BCUT2D eigenvalue weighted by Gasteiger charge is -2.35. The van der Waals surface area contributed by atoms with Crippen LogP contribution in [-0.2, 0) is 0 Å². The maximum Gasteiger partial charge on any atom is 0.253 e. The van der Waals surface area contributed by atoms with Gasteiger partial charge in [-0.3, -0.25) is 9.69 Å². The topological polar surface area (TPSA) is 43.8 Å². The fourth-order valence-corrected chi connectivity index (χ4v) is 3.06. The zero-order chi connectivity index (χ0) is 16.9. The van der Waals surface area contributed by atoms with Gasteiger partial charge in [0.1, 0.15) is 0 Å². The maximum atomic E-state index is 12.4. The van der Waals surface area contributed by atoms with Crippen LogP contribution in [0, 0.1) is 0 Å². The molecule has 0 aromatic heterocycles. The van der Waals surface area contributed by atoms with Crippen LogP contribution in [0.1, 0.15) is 22.0 Å². The van der Waals surface area contributed by atoms with Gasteiger partial charge in [0.2, 0.25) is 0 Å². The lowest BCUT2D eigenvalue weighted by Crippen LogP contribution is -2.49. The summed E-state index contributed by atoms with van der Waals surface area (Å²) in [6.07, 6.45) is -0.543. The first kappa shape index (κ1) is 17.0. The summed E-state index contributed by atoms with van der Waals surface area (Å²) in [5.41, 5.74) is 1.59. The molecule has 1 atom stereocenters. The molecular weight excluding hydrogens is 324 g/mol. The van der Waals surface area contributed by atoms with Crippen molar-refractivity contribution in [1.29, 1.82) is 0 Å². The molecule has 126 valence electrons. The van der Waals surface area contributed by atoms with Crippen molar-refractivity contribution in [3.8, 4) is 0 Å². The molecule has 2 aromatic rings. The number of aliphatic hydroxyl groups is 1. The van der Waals surface area contributed by atoms with Crippen molar-refractivity contribution >= 4 is 17.5 Å². The van der Waals surface area contributed by atoms with E-state index in [0.717, 1.165) is 24.2 Å². The summed E-state index contributed by atoms with van der Waals surface area (Å²) in [5, 5.41) is 11.0. The third kappa shape index (κ3) is 4.15. The summed E-state index contributed by atoms with van der Waals surface area (Å²) >= 11 is 5.87. The molecule has 1 N–H and O–H groups in total. The van der Waals surface area contributed by atoms with Gasteiger partial charge in [-0.2, -0.15) is 0 Å². The number of β-amino-alcohol motifs (C(OH)–C–C–N with tert-alkyl or cyclic N) is 1. The fraction of sp³-hybridized carbons (Fsp3) is 0.316. The minimum Gasteiger partial charge on any atom is -0.387 e. The van der Waals surface area contributed by atoms with Gasteiger partial charge in [0.25, 0.3) is 5.91 Å². The quantitative estimate of drug-likeness (QED) is 0.927. The predicted octanol–water partition coefficient (Wildman–Crippen LogP) is 2.83. The zero-order valence-corrected chi connectivity index (χ0v) is 14.2. The van der Waals surface area contributed by atoms with Gasteiger partial charge in [0.15, 0.2) is 0 Å². The molecule has 1 fully saturated rings. The molecule has 0 saturated carbocycles. The standard InChI is InChI=1S/C19H21ClN2O2/c20-17-8-6-15(7-9-17)18(23)14-21-10-12-22(13-11-21)19(24)16-4-2-1-3-5-16/h1-9,18,23H,10-14H2. The van der Waals surface area contributed by atoms with Crippen molar-refractivity contribution in [3.05, 3.63) is 70.7 Å². The Bertz CT molecular complexity index is 668. The Morgan fingerprint density at radius 2 is 1.62 bits per heavy atom. The van der Waals surface area contributed by atoms with E-state index in [2.05, 4.69) is 4.90 Å². The number of halogens is 1. The molecule has 2 aromatic carbocycles. The molecular formula is C19H21ClN2O2. The van der Waals surface area contributed by atoms with Crippen LogP contribution in [-0.4, -0.2) is 53.5 Å². The summed E-state index contributed by atoms with van der Waals surface area (Å²) in [7, 11) is 0. The Balaban J connectivity index is 1.52. The molecule has 5 heteroatoms. The van der Waals surface area contributed by atoms with E-state index in [1.807, 2.05) is 47.4 Å². The van der Waals surface area contributed by atoms with Crippen LogP contribution in [0.3, 0.4) is 0 Å². The van der Waals surface area contributed by atoms with Crippen LogP contribution in [0.4, 0.5) is 0 Å². The highest BCUT2D eigenvalue weighted by Gasteiger charge is 2.23. The molecule has 1 heterocycles. The van der Waals surface area contributed by atoms with Crippen molar-refractivity contribution in [3.63, 3.8) is 0 Å². The Hall–Kier alpha value is -1.88. The number of rotatable bonds is 4. The largest absolute Gasteiger partial charge is 0.387 e. The molecule has 0 radical (unpaired) electrons. The molecule has 1 aliphatic heterocycles. The average molecular weight is 345 g/mol. The smallest absolute Gasteiger partial charge is 0.253 e. The lowest BCUT2D eigenvalue weighted by molar-refractivity contribution is 0.0527. The number of carbonyl (C=O) groups excluding carboxylic acids is 1. The number of hydrogen-bond acceptors (Lipinski definition) is 3. The van der Waals surface area contributed by atoms with E-state index in [9.17, 15) is 9.90 Å². The summed E-state index contributed by atoms with van der Waals surface area (Å²) in [5.74, 6) is 0.0773. The molecule has 4 nitrogen and oxygen atoms in total. The third-order valence-electron chi connectivity index (χ3n) is 4.37. The highest BCUT2D eigenvalue weighted by atomic mass is 35.5. The number of carbonyl (C=O) groups is 1. The molecule has 1 unspecified atom stereocenters. The van der Waals surface area contributed by atoms with E-state index in [1.54, 1.807) is 12.1 Å². The average Bonchev–Trinajstić information content (AvgIpc) is 2.63. The Morgan fingerprint density at radius 1 is 1.00 bits per heavy atom. The van der Waals surface area contributed by atoms with Gasteiger partial charge in [-0.1, -0.05) is 41.9 Å². The van der Waals surface area contributed by atoms with E-state index >= 15 is 0 Å². The van der Waals surface area contributed by atoms with Crippen molar-refractivity contribution in [2.24, 2.45) is 0 Å². The second kappa shape index (κ2) is 7.79. The normalized spacial score (nSPS) is 16.8. The van der Waals surface area contributed by atoms with Gasteiger partial charge < -0.3 is 10.0 Å². The highest BCUT2D eigenvalue weighted by molar-refractivity contribution is 6.30. The Morgan fingerprint density at radius 3 is 2.25 bits per heavy atom. The van der Waals surface area contributed by atoms with Crippen LogP contribution in [0.5, 0.6) is 0 Å². The molecule has 1 aliphatic rings. The number of piperazine rings is 1. The van der Waals surface area contributed by atoms with Crippen LogP contribution in [0.2, 0.25) is 5.02 Å². The molecule has 1 amide bonds. The lowest BCUT2D eigenvalue weighted by atomic mass is 10.1. The summed E-state index contributed by atoms with van der Waals surface area (Å²) in [6.45, 7) is 3.46. The molecule has 0 spiro atoms. The van der Waals surface area contributed by atoms with E-state index in [1.165, 1.54) is 0 Å². The van der Waals surface area contributed by atoms with E-state index in [0.29, 0.717) is 24.7 Å². The zero-order valence-electron chi connectivity index (χ0n) is 13.4. The van der Waals surface area contributed by atoms with Gasteiger partial charge in [-0.05, 0) is 29.8 Å². The summed E-state index contributed by atoms with van der Waals surface area (Å²) in [4.78, 5) is 16.5. The number of amides is 1. The molecule has 0 aliphatic carbocycles. The summed E-state index contributed by atoms with van der Waals surface area (Å²) < 4.78 is 0. The van der Waals surface area contributed by atoms with Crippen molar-refractivity contribution < 1.29 is 9.90 Å². The Labute approximate surface area is 147 Å². The van der Waals surface area contributed by atoms with Gasteiger partial charge in [-0.15, -0.1) is 0 Å². The number of benzene rings is 2. The minimum absolute atomic E-state index is 0.0773. The second-order valence-corrected chi connectivity index (χ2v) is 6.46. The van der Waals surface area contributed by atoms with Crippen LogP contribution < -0.4 is 0 Å². The predicted molar refractivity (Wildman–Crippen MR) is 95.2 cm³/mol.